The number of anilines is 1. The van der Waals surface area contributed by atoms with Crippen LogP contribution in [0.3, 0.4) is 0 Å². The molecule has 2 rings (SSSR count). The number of benzene rings is 2. The molecule has 0 fully saturated rings. The topological polar surface area (TPSA) is 52.5 Å². The van der Waals surface area contributed by atoms with Crippen molar-refractivity contribution in [3.05, 3.63) is 52.0 Å². The van der Waals surface area contributed by atoms with Crippen LogP contribution in [0.4, 0.5) is 5.69 Å². The van der Waals surface area contributed by atoms with Crippen molar-refractivity contribution in [3.8, 4) is 11.5 Å². The van der Waals surface area contributed by atoms with Gasteiger partial charge in [-0.2, -0.15) is 0 Å². The van der Waals surface area contributed by atoms with Crippen molar-refractivity contribution in [1.82, 2.24) is 0 Å². The van der Waals surface area contributed by atoms with Crippen molar-refractivity contribution in [3.63, 3.8) is 0 Å². The molecule has 0 unspecified atom stereocenters. The fourth-order valence-electron chi connectivity index (χ4n) is 1.71. The van der Waals surface area contributed by atoms with Gasteiger partial charge in [0.05, 0.1) is 0 Å². The molecule has 18 heavy (non-hydrogen) atoms. The summed E-state index contributed by atoms with van der Waals surface area (Å²) in [6.45, 7) is 2.46. The zero-order valence-corrected chi connectivity index (χ0v) is 11.5. The van der Waals surface area contributed by atoms with Crippen LogP contribution in [0.15, 0.2) is 40.9 Å². The molecule has 0 aliphatic rings. The van der Waals surface area contributed by atoms with Gasteiger partial charge < -0.3 is 15.5 Å². The van der Waals surface area contributed by atoms with Crippen LogP contribution >= 0.6 is 15.9 Å². The van der Waals surface area contributed by atoms with Crippen molar-refractivity contribution < 1.29 is 10.2 Å². The molecule has 0 aromatic heterocycles. The lowest BCUT2D eigenvalue weighted by Gasteiger charge is -2.12. The van der Waals surface area contributed by atoms with Gasteiger partial charge in [0.15, 0.2) is 11.5 Å². The number of hydrogen-bond donors (Lipinski definition) is 3. The van der Waals surface area contributed by atoms with Crippen LogP contribution in [0.2, 0.25) is 0 Å². The Bertz CT molecular complexity index is 518. The maximum absolute atomic E-state index is 9.70. The zero-order chi connectivity index (χ0) is 13.1. The predicted molar refractivity (Wildman–Crippen MR) is 76.0 cm³/mol. The normalized spacial score (nSPS) is 10.3. The highest BCUT2D eigenvalue weighted by Crippen LogP contribution is 2.29. The highest BCUT2D eigenvalue weighted by atomic mass is 79.9. The van der Waals surface area contributed by atoms with Crippen molar-refractivity contribution >= 4 is 21.6 Å². The van der Waals surface area contributed by atoms with Crippen molar-refractivity contribution in [1.29, 1.82) is 0 Å². The van der Waals surface area contributed by atoms with Gasteiger partial charge >= 0.3 is 0 Å². The molecule has 0 spiro atoms. The molecule has 2 aromatic rings. The second kappa shape index (κ2) is 5.31. The molecule has 0 amide bonds. The molecular weight excluding hydrogens is 294 g/mol. The number of para-hydroxylation sites is 1. The molecule has 0 saturated heterocycles. The lowest BCUT2D eigenvalue weighted by Crippen LogP contribution is -2.01. The monoisotopic (exact) mass is 307 g/mol. The van der Waals surface area contributed by atoms with Crippen LogP contribution in [-0.4, -0.2) is 10.2 Å². The SMILES string of the molecule is Cc1c(Br)cccc1NCc1cccc(O)c1O. The van der Waals surface area contributed by atoms with Gasteiger partial charge in [0.1, 0.15) is 0 Å². The number of phenolic OH excluding ortho intramolecular Hbond substituents is 2. The quantitative estimate of drug-likeness (QED) is 0.756. The Morgan fingerprint density at radius 2 is 1.83 bits per heavy atom. The van der Waals surface area contributed by atoms with Crippen LogP contribution in [-0.2, 0) is 6.54 Å². The summed E-state index contributed by atoms with van der Waals surface area (Å²) in [6, 6.07) is 10.8. The smallest absolute Gasteiger partial charge is 0.162 e. The minimum atomic E-state index is -0.0970. The molecule has 94 valence electrons. The van der Waals surface area contributed by atoms with E-state index >= 15 is 0 Å². The van der Waals surface area contributed by atoms with E-state index in [2.05, 4.69) is 21.2 Å². The minimum Gasteiger partial charge on any atom is -0.504 e. The van der Waals surface area contributed by atoms with E-state index in [1.807, 2.05) is 25.1 Å². The first-order valence-corrected chi connectivity index (χ1v) is 6.37. The summed E-state index contributed by atoms with van der Waals surface area (Å²) in [4.78, 5) is 0. The Hall–Kier alpha value is -1.68. The van der Waals surface area contributed by atoms with Gasteiger partial charge in [-0.3, -0.25) is 0 Å². The minimum absolute atomic E-state index is 0.0716. The van der Waals surface area contributed by atoms with Crippen LogP contribution in [0.25, 0.3) is 0 Å². The first-order valence-electron chi connectivity index (χ1n) is 5.58. The number of phenols is 2. The van der Waals surface area contributed by atoms with Gasteiger partial charge in [0, 0.05) is 22.3 Å². The zero-order valence-electron chi connectivity index (χ0n) is 9.94. The van der Waals surface area contributed by atoms with Crippen LogP contribution in [0, 0.1) is 6.92 Å². The largest absolute Gasteiger partial charge is 0.504 e. The van der Waals surface area contributed by atoms with Crippen LogP contribution < -0.4 is 5.32 Å². The van der Waals surface area contributed by atoms with E-state index in [1.165, 1.54) is 6.07 Å². The summed E-state index contributed by atoms with van der Waals surface area (Å²) in [5.74, 6) is -0.169. The maximum Gasteiger partial charge on any atom is 0.162 e. The molecule has 0 radical (unpaired) electrons. The van der Waals surface area contributed by atoms with Gasteiger partial charge in [-0.05, 0) is 30.7 Å². The second-order valence-corrected chi connectivity index (χ2v) is 4.91. The van der Waals surface area contributed by atoms with Crippen molar-refractivity contribution in [2.45, 2.75) is 13.5 Å². The number of rotatable bonds is 3. The van der Waals surface area contributed by atoms with E-state index < -0.39 is 0 Å². The second-order valence-electron chi connectivity index (χ2n) is 4.05. The highest BCUT2D eigenvalue weighted by molar-refractivity contribution is 9.10. The van der Waals surface area contributed by atoms with E-state index in [0.717, 1.165) is 15.7 Å². The molecule has 0 heterocycles. The van der Waals surface area contributed by atoms with Gasteiger partial charge in [-0.1, -0.05) is 34.1 Å². The third kappa shape index (κ3) is 2.59. The third-order valence-electron chi connectivity index (χ3n) is 2.84. The summed E-state index contributed by atoms with van der Waals surface area (Å²) >= 11 is 3.47. The van der Waals surface area contributed by atoms with Gasteiger partial charge in [0.25, 0.3) is 0 Å². The Labute approximate surface area is 114 Å². The van der Waals surface area contributed by atoms with Crippen molar-refractivity contribution in [2.24, 2.45) is 0 Å². The van der Waals surface area contributed by atoms with Gasteiger partial charge in [-0.15, -0.1) is 0 Å². The summed E-state index contributed by atoms with van der Waals surface area (Å²) in [5, 5.41) is 22.3. The Morgan fingerprint density at radius 3 is 2.61 bits per heavy atom. The lowest BCUT2D eigenvalue weighted by molar-refractivity contribution is 0.400. The molecule has 2 aromatic carbocycles. The van der Waals surface area contributed by atoms with E-state index in [0.29, 0.717) is 12.1 Å². The predicted octanol–water partition coefficient (Wildman–Crippen LogP) is 3.78. The molecule has 4 heteroatoms. The van der Waals surface area contributed by atoms with Crippen molar-refractivity contribution in [2.75, 3.05) is 5.32 Å². The molecule has 3 nitrogen and oxygen atoms in total. The van der Waals surface area contributed by atoms with Crippen LogP contribution in [0.5, 0.6) is 11.5 Å². The molecule has 0 aliphatic carbocycles. The average molecular weight is 308 g/mol. The lowest BCUT2D eigenvalue weighted by atomic mass is 10.1. The van der Waals surface area contributed by atoms with E-state index in [9.17, 15) is 10.2 Å². The van der Waals surface area contributed by atoms with Gasteiger partial charge in [-0.25, -0.2) is 0 Å². The number of nitrogens with one attached hydrogen (secondary N) is 1. The number of halogens is 1. The first-order chi connectivity index (χ1) is 8.59. The standard InChI is InChI=1S/C14H14BrNO2/c1-9-11(15)5-3-6-12(9)16-8-10-4-2-7-13(17)14(10)18/h2-7,16-18H,8H2,1H3. The molecule has 0 atom stereocenters. The Balaban J connectivity index is 2.17. The van der Waals surface area contributed by atoms with E-state index in [1.54, 1.807) is 12.1 Å². The molecule has 0 bridgehead atoms. The molecule has 0 saturated carbocycles. The van der Waals surface area contributed by atoms with E-state index in [-0.39, 0.29) is 11.5 Å². The molecule has 3 N–H and O–H groups in total. The van der Waals surface area contributed by atoms with E-state index in [4.69, 9.17) is 0 Å². The first kappa shape index (κ1) is 12.8. The number of hydrogen-bond acceptors (Lipinski definition) is 3. The average Bonchev–Trinajstić information content (AvgIpc) is 2.36. The summed E-state index contributed by atoms with van der Waals surface area (Å²) in [7, 11) is 0. The number of aromatic hydroxyl groups is 2. The molecule has 0 aliphatic heterocycles. The van der Waals surface area contributed by atoms with Gasteiger partial charge in [0.2, 0.25) is 0 Å². The Kier molecular flexibility index (Phi) is 3.77. The Morgan fingerprint density at radius 1 is 1.11 bits per heavy atom. The third-order valence-corrected chi connectivity index (χ3v) is 3.69. The maximum atomic E-state index is 9.70. The fourth-order valence-corrected chi connectivity index (χ4v) is 2.08. The summed E-state index contributed by atoms with van der Waals surface area (Å²) in [5.41, 5.74) is 2.76. The fraction of sp³-hybridized carbons (Fsp3) is 0.143. The molecular formula is C14H14BrNO2. The summed E-state index contributed by atoms with van der Waals surface area (Å²) < 4.78 is 1.03. The highest BCUT2D eigenvalue weighted by Gasteiger charge is 2.06. The summed E-state index contributed by atoms with van der Waals surface area (Å²) in [6.07, 6.45) is 0. The van der Waals surface area contributed by atoms with Crippen LogP contribution in [0.1, 0.15) is 11.1 Å².